The maximum atomic E-state index is 13.8. The van der Waals surface area contributed by atoms with Gasteiger partial charge in [-0.3, -0.25) is 9.52 Å². The molecule has 0 aliphatic heterocycles. The van der Waals surface area contributed by atoms with Crippen molar-refractivity contribution in [1.82, 2.24) is 0 Å². The average Bonchev–Trinajstić information content (AvgIpc) is 2.48. The highest BCUT2D eigenvalue weighted by Crippen LogP contribution is 2.33. The Bertz CT molecular complexity index is 1100. The molecule has 0 aromatic heterocycles. The van der Waals surface area contributed by atoms with Gasteiger partial charge >= 0.3 is 0 Å². The summed E-state index contributed by atoms with van der Waals surface area (Å²) in [6, 6.07) is 5.93. The Balaban J connectivity index is 2.48. The predicted octanol–water partition coefficient (Wildman–Crippen LogP) is 2.36. The Morgan fingerprint density at radius 2 is 1.67 bits per heavy atom. The zero-order valence-corrected chi connectivity index (χ0v) is 15.8. The number of sulfone groups is 1. The third kappa shape index (κ3) is 6.29. The molecule has 0 unspecified atom stereocenters. The van der Waals surface area contributed by atoms with Crippen LogP contribution in [0.1, 0.15) is 10.4 Å². The number of hydrogen-bond acceptors (Lipinski definition) is 6. The van der Waals surface area contributed by atoms with Crippen molar-refractivity contribution < 1.29 is 35.1 Å². The summed E-state index contributed by atoms with van der Waals surface area (Å²) in [5.74, 6) is -4.09. The van der Waals surface area contributed by atoms with Gasteiger partial charge in [0.2, 0.25) is 10.0 Å². The second-order valence-corrected chi connectivity index (χ2v) is 9.64. The summed E-state index contributed by atoms with van der Waals surface area (Å²) in [5, 5.41) is 0. The van der Waals surface area contributed by atoms with Gasteiger partial charge in [-0.15, -0.1) is 0 Å². The predicted molar refractivity (Wildman–Crippen MR) is 95.4 cm³/mol. The number of halogens is 2. The molecule has 2 rings (SSSR count). The molecule has 0 radical (unpaired) electrons. The van der Waals surface area contributed by atoms with Gasteiger partial charge in [0.1, 0.15) is 11.6 Å². The van der Waals surface area contributed by atoms with Crippen LogP contribution in [0.3, 0.4) is 0 Å². The highest BCUT2D eigenvalue weighted by Gasteiger charge is 2.18. The van der Waals surface area contributed by atoms with Crippen LogP contribution in [-0.4, -0.2) is 40.9 Å². The van der Waals surface area contributed by atoms with Gasteiger partial charge in [0.25, 0.3) is 0 Å². The number of anilines is 1. The summed E-state index contributed by atoms with van der Waals surface area (Å²) in [6.45, 7) is 0. The topological polar surface area (TPSA) is 107 Å². The van der Waals surface area contributed by atoms with Crippen LogP contribution in [0.25, 0.3) is 0 Å². The van der Waals surface area contributed by atoms with Gasteiger partial charge in [-0.2, -0.15) is 0 Å². The molecule has 0 bridgehead atoms. The Morgan fingerprint density at radius 3 is 2.22 bits per heavy atom. The standard InChI is InChI=1S/C16H15F2NO6S2/c1-26(21,22)9-14(20)10-3-5-13(19-27(2,23)24)16(7-10)25-15-6-4-11(17)8-12(15)18/h3-8,19H,9H2,1-2H3. The molecule has 11 heteroatoms. The monoisotopic (exact) mass is 419 g/mol. The van der Waals surface area contributed by atoms with Crippen LogP contribution in [0.15, 0.2) is 36.4 Å². The molecule has 0 aliphatic rings. The van der Waals surface area contributed by atoms with Gasteiger partial charge in [0.05, 0.1) is 11.9 Å². The number of carbonyl (C=O) groups is 1. The molecule has 0 amide bonds. The van der Waals surface area contributed by atoms with E-state index >= 15 is 0 Å². The molecule has 27 heavy (non-hydrogen) atoms. The maximum absolute atomic E-state index is 13.8. The summed E-state index contributed by atoms with van der Waals surface area (Å²) in [4.78, 5) is 12.1. The van der Waals surface area contributed by atoms with Gasteiger partial charge < -0.3 is 4.74 Å². The molecule has 0 fully saturated rings. The molecule has 2 aromatic rings. The number of nitrogens with one attached hydrogen (secondary N) is 1. The fourth-order valence-electron chi connectivity index (χ4n) is 2.06. The quantitative estimate of drug-likeness (QED) is 0.691. The third-order valence-electron chi connectivity index (χ3n) is 3.11. The van der Waals surface area contributed by atoms with Gasteiger partial charge in [-0.05, 0) is 30.3 Å². The minimum Gasteiger partial charge on any atom is -0.452 e. The molecule has 0 spiro atoms. The van der Waals surface area contributed by atoms with Crippen LogP contribution in [0.5, 0.6) is 11.5 Å². The molecule has 2 aromatic carbocycles. The van der Waals surface area contributed by atoms with Crippen molar-refractivity contribution in [3.8, 4) is 11.5 Å². The van der Waals surface area contributed by atoms with Gasteiger partial charge in [0, 0.05) is 17.9 Å². The summed E-state index contributed by atoms with van der Waals surface area (Å²) < 4.78 is 79.9. The molecule has 0 atom stereocenters. The number of Topliss-reactive ketones (excluding diaryl/α,β-unsaturated/α-hetero) is 1. The lowest BCUT2D eigenvalue weighted by Gasteiger charge is -2.14. The molecular formula is C16H15F2NO6S2. The van der Waals surface area contributed by atoms with E-state index in [9.17, 15) is 30.4 Å². The molecule has 1 N–H and O–H groups in total. The molecule has 0 saturated heterocycles. The Morgan fingerprint density at radius 1 is 1.00 bits per heavy atom. The van der Waals surface area contributed by atoms with Crippen molar-refractivity contribution in [2.75, 3.05) is 23.0 Å². The fourth-order valence-corrected chi connectivity index (χ4v) is 3.27. The Hall–Kier alpha value is -2.53. The van der Waals surface area contributed by atoms with Crippen LogP contribution >= 0.6 is 0 Å². The molecule has 0 saturated carbocycles. The Kier molecular flexibility index (Phi) is 5.85. The SMILES string of the molecule is CS(=O)(=O)CC(=O)c1ccc(NS(C)(=O)=O)c(Oc2ccc(F)cc2F)c1. The first-order valence-electron chi connectivity index (χ1n) is 7.30. The largest absolute Gasteiger partial charge is 0.452 e. The Labute approximate surface area is 154 Å². The smallest absolute Gasteiger partial charge is 0.229 e. The fraction of sp³-hybridized carbons (Fsp3) is 0.188. The van der Waals surface area contributed by atoms with E-state index in [2.05, 4.69) is 4.72 Å². The van der Waals surface area contributed by atoms with Crippen LogP contribution in [0.4, 0.5) is 14.5 Å². The number of hydrogen-bond donors (Lipinski definition) is 1. The summed E-state index contributed by atoms with van der Waals surface area (Å²) in [5.41, 5.74) is -0.200. The first kappa shape index (κ1) is 20.8. The van der Waals surface area contributed by atoms with E-state index in [1.54, 1.807) is 0 Å². The van der Waals surface area contributed by atoms with Crippen molar-refractivity contribution in [1.29, 1.82) is 0 Å². The minimum atomic E-state index is -3.74. The van der Waals surface area contributed by atoms with Gasteiger partial charge in [-0.1, -0.05) is 0 Å². The lowest BCUT2D eigenvalue weighted by Crippen LogP contribution is -2.15. The number of rotatable bonds is 7. The second kappa shape index (κ2) is 7.61. The first-order chi connectivity index (χ1) is 12.3. The lowest BCUT2D eigenvalue weighted by molar-refractivity contribution is 0.102. The molecular weight excluding hydrogens is 404 g/mol. The average molecular weight is 419 g/mol. The summed E-state index contributed by atoms with van der Waals surface area (Å²) in [6.07, 6.45) is 1.76. The zero-order chi connectivity index (χ0) is 20.4. The van der Waals surface area contributed by atoms with Crippen LogP contribution in [0.2, 0.25) is 0 Å². The lowest BCUT2D eigenvalue weighted by atomic mass is 10.1. The van der Waals surface area contributed by atoms with Crippen molar-refractivity contribution in [2.24, 2.45) is 0 Å². The van der Waals surface area contributed by atoms with Gasteiger partial charge in [-0.25, -0.2) is 25.6 Å². The minimum absolute atomic E-state index is 0.0861. The van der Waals surface area contributed by atoms with E-state index in [4.69, 9.17) is 4.74 Å². The normalized spacial score (nSPS) is 11.9. The van der Waals surface area contributed by atoms with Gasteiger partial charge in [0.15, 0.2) is 32.9 Å². The number of carbonyl (C=O) groups excluding carboxylic acids is 1. The number of benzene rings is 2. The van der Waals surface area contributed by atoms with E-state index in [-0.39, 0.29) is 17.0 Å². The van der Waals surface area contributed by atoms with E-state index in [1.807, 2.05) is 0 Å². The zero-order valence-electron chi connectivity index (χ0n) is 14.2. The highest BCUT2D eigenvalue weighted by molar-refractivity contribution is 7.92. The molecule has 146 valence electrons. The third-order valence-corrected chi connectivity index (χ3v) is 4.48. The number of sulfonamides is 1. The number of ether oxygens (including phenoxy) is 1. The van der Waals surface area contributed by atoms with E-state index < -0.39 is 48.8 Å². The van der Waals surface area contributed by atoms with Crippen LogP contribution in [-0.2, 0) is 19.9 Å². The highest BCUT2D eigenvalue weighted by atomic mass is 32.2. The van der Waals surface area contributed by atoms with E-state index in [0.29, 0.717) is 6.07 Å². The van der Waals surface area contributed by atoms with E-state index in [1.165, 1.54) is 12.1 Å². The first-order valence-corrected chi connectivity index (χ1v) is 11.2. The van der Waals surface area contributed by atoms with Crippen molar-refractivity contribution in [3.63, 3.8) is 0 Å². The van der Waals surface area contributed by atoms with E-state index in [0.717, 1.165) is 30.7 Å². The second-order valence-electron chi connectivity index (χ2n) is 5.76. The maximum Gasteiger partial charge on any atom is 0.229 e. The molecule has 0 aliphatic carbocycles. The molecule has 0 heterocycles. The summed E-state index contributed by atoms with van der Waals surface area (Å²) >= 11 is 0. The summed E-state index contributed by atoms with van der Waals surface area (Å²) in [7, 11) is -7.33. The van der Waals surface area contributed by atoms with Crippen molar-refractivity contribution in [3.05, 3.63) is 53.6 Å². The van der Waals surface area contributed by atoms with Crippen molar-refractivity contribution in [2.45, 2.75) is 0 Å². The number of ketones is 1. The van der Waals surface area contributed by atoms with Crippen LogP contribution < -0.4 is 9.46 Å². The molecule has 7 nitrogen and oxygen atoms in total. The van der Waals surface area contributed by atoms with Crippen LogP contribution in [0, 0.1) is 11.6 Å². The van der Waals surface area contributed by atoms with Crippen molar-refractivity contribution >= 4 is 31.3 Å².